The highest BCUT2D eigenvalue weighted by Gasteiger charge is 2.44. The van der Waals surface area contributed by atoms with E-state index in [1.807, 2.05) is 78.9 Å². The first kappa shape index (κ1) is 26.5. The Hall–Kier alpha value is -4.71. The molecule has 206 valence electrons. The molecule has 1 aliphatic heterocycles. The van der Waals surface area contributed by atoms with E-state index in [0.717, 1.165) is 11.3 Å². The van der Waals surface area contributed by atoms with Crippen LogP contribution in [0.4, 0.5) is 15.8 Å². The number of hydrogen-bond acceptors (Lipinski definition) is 4. The van der Waals surface area contributed by atoms with Crippen molar-refractivity contribution in [2.24, 2.45) is 5.41 Å². The first-order valence-corrected chi connectivity index (χ1v) is 13.8. The van der Waals surface area contributed by atoms with Crippen molar-refractivity contribution in [1.82, 2.24) is 0 Å². The summed E-state index contributed by atoms with van der Waals surface area (Å²) < 4.78 is 21.5. The maximum atomic E-state index is 15.1. The molecule has 0 fully saturated rings. The van der Waals surface area contributed by atoms with Crippen LogP contribution in [-0.2, 0) is 11.4 Å². The lowest BCUT2D eigenvalue weighted by Gasteiger charge is -2.37. The maximum absolute atomic E-state index is 15.1. The Morgan fingerprint density at radius 2 is 1.59 bits per heavy atom. The molecule has 5 nitrogen and oxygen atoms in total. The van der Waals surface area contributed by atoms with Gasteiger partial charge in [0.2, 0.25) is 0 Å². The lowest BCUT2D eigenvalue weighted by atomic mass is 9.73. The zero-order valence-electron chi connectivity index (χ0n) is 23.1. The highest BCUT2D eigenvalue weighted by Crippen LogP contribution is 2.50. The highest BCUT2D eigenvalue weighted by molar-refractivity contribution is 6.12. The minimum absolute atomic E-state index is 0.0502. The fraction of sp³-hybridized carbons (Fsp3) is 0.200. The van der Waals surface area contributed by atoms with Gasteiger partial charge < -0.3 is 10.1 Å². The van der Waals surface area contributed by atoms with Gasteiger partial charge in [-0.2, -0.15) is 0 Å². The molecule has 1 atom stereocenters. The van der Waals surface area contributed by atoms with Crippen molar-refractivity contribution in [1.29, 1.82) is 0 Å². The first-order chi connectivity index (χ1) is 19.8. The van der Waals surface area contributed by atoms with Crippen LogP contribution < -0.4 is 15.0 Å². The summed E-state index contributed by atoms with van der Waals surface area (Å²) in [6.45, 7) is 4.45. The molecule has 6 rings (SSSR count). The molecule has 2 aliphatic rings. The highest BCUT2D eigenvalue weighted by atomic mass is 19.1. The number of fused-ring (bicyclic) bond motifs is 1. The van der Waals surface area contributed by atoms with Crippen molar-refractivity contribution < 1.29 is 18.7 Å². The molecule has 4 aromatic rings. The average molecular weight is 547 g/mol. The third-order valence-corrected chi connectivity index (χ3v) is 7.67. The van der Waals surface area contributed by atoms with Gasteiger partial charge in [-0.25, -0.2) is 4.39 Å². The third kappa shape index (κ3) is 5.13. The summed E-state index contributed by atoms with van der Waals surface area (Å²) in [6, 6.07) is 29.8. The van der Waals surface area contributed by atoms with Crippen molar-refractivity contribution >= 4 is 23.1 Å². The number of nitrogens with one attached hydrogen (secondary N) is 1. The second kappa shape index (κ2) is 10.7. The van der Waals surface area contributed by atoms with Crippen molar-refractivity contribution in [3.8, 4) is 5.75 Å². The molecule has 0 radical (unpaired) electrons. The molecule has 4 aromatic carbocycles. The molecule has 1 amide bonds. The number of halogens is 1. The number of para-hydroxylation sites is 3. The predicted octanol–water partition coefficient (Wildman–Crippen LogP) is 7.86. The smallest absolute Gasteiger partial charge is 0.262 e. The topological polar surface area (TPSA) is 58.6 Å². The normalized spacial score (nSPS) is 17.7. The SMILES string of the molecule is CC1(C)CC(=O)C2=C(C1)Nc1ccccc1N(C(=O)c1ccccc1F)[C@H]2c1ccccc1OCc1ccccc1. The van der Waals surface area contributed by atoms with Crippen LogP contribution in [0.3, 0.4) is 0 Å². The number of carbonyl (C=O) groups excluding carboxylic acids is 2. The Morgan fingerprint density at radius 1 is 0.902 bits per heavy atom. The Labute approximate surface area is 239 Å². The number of Topliss-reactive ketones (excluding diaryl/α,β-unsaturated/α-hetero) is 1. The van der Waals surface area contributed by atoms with Crippen molar-refractivity contribution in [2.75, 3.05) is 10.2 Å². The molecule has 0 saturated heterocycles. The lowest BCUT2D eigenvalue weighted by molar-refractivity contribution is -0.118. The van der Waals surface area contributed by atoms with Crippen LogP contribution in [0.1, 0.15) is 54.2 Å². The molecular weight excluding hydrogens is 515 g/mol. The summed E-state index contributed by atoms with van der Waals surface area (Å²) in [5.74, 6) is -0.654. The van der Waals surface area contributed by atoms with Crippen LogP contribution in [-0.4, -0.2) is 11.7 Å². The Balaban J connectivity index is 1.58. The van der Waals surface area contributed by atoms with E-state index < -0.39 is 17.8 Å². The van der Waals surface area contributed by atoms with Crippen LogP contribution in [0, 0.1) is 11.2 Å². The van der Waals surface area contributed by atoms with Crippen LogP contribution in [0.5, 0.6) is 5.75 Å². The number of ether oxygens (including phenoxy) is 1. The summed E-state index contributed by atoms with van der Waals surface area (Å²) in [4.78, 5) is 30.0. The average Bonchev–Trinajstić information content (AvgIpc) is 3.10. The monoisotopic (exact) mass is 546 g/mol. The number of amides is 1. The minimum Gasteiger partial charge on any atom is -0.489 e. The van der Waals surface area contributed by atoms with Crippen LogP contribution in [0.2, 0.25) is 0 Å². The van der Waals surface area contributed by atoms with E-state index in [4.69, 9.17) is 4.74 Å². The number of allylic oxidation sites excluding steroid dienone is 1. The van der Waals surface area contributed by atoms with Gasteiger partial charge in [0.25, 0.3) is 5.91 Å². The summed E-state index contributed by atoms with van der Waals surface area (Å²) in [5, 5.41) is 3.51. The summed E-state index contributed by atoms with van der Waals surface area (Å²) in [7, 11) is 0. The Kier molecular flexibility index (Phi) is 6.91. The number of carbonyl (C=O) groups is 2. The summed E-state index contributed by atoms with van der Waals surface area (Å²) >= 11 is 0. The molecule has 1 heterocycles. The van der Waals surface area contributed by atoms with E-state index in [1.54, 1.807) is 17.0 Å². The fourth-order valence-corrected chi connectivity index (χ4v) is 5.84. The van der Waals surface area contributed by atoms with Crippen LogP contribution >= 0.6 is 0 Å². The summed E-state index contributed by atoms with van der Waals surface area (Å²) in [5.41, 5.74) is 3.83. The predicted molar refractivity (Wildman–Crippen MR) is 158 cm³/mol. The Morgan fingerprint density at radius 3 is 2.39 bits per heavy atom. The molecule has 41 heavy (non-hydrogen) atoms. The molecule has 0 bridgehead atoms. The lowest BCUT2D eigenvalue weighted by Crippen LogP contribution is -2.40. The van der Waals surface area contributed by atoms with Gasteiger partial charge in [0.05, 0.1) is 23.0 Å². The minimum atomic E-state index is -0.844. The van der Waals surface area contributed by atoms with Gasteiger partial charge in [-0.1, -0.05) is 86.6 Å². The molecule has 0 aromatic heterocycles. The molecule has 1 N–H and O–H groups in total. The van der Waals surface area contributed by atoms with Crippen LogP contribution in [0.25, 0.3) is 0 Å². The van der Waals surface area contributed by atoms with Crippen molar-refractivity contribution in [2.45, 2.75) is 39.3 Å². The van der Waals surface area contributed by atoms with Gasteiger partial charge in [-0.05, 0) is 47.7 Å². The number of nitrogens with zero attached hydrogens (tertiary/aromatic N) is 1. The zero-order chi connectivity index (χ0) is 28.6. The second-order valence-electron chi connectivity index (χ2n) is 11.3. The molecule has 0 spiro atoms. The first-order valence-electron chi connectivity index (χ1n) is 13.8. The van der Waals surface area contributed by atoms with Gasteiger partial charge in [0.1, 0.15) is 18.2 Å². The van der Waals surface area contributed by atoms with E-state index in [9.17, 15) is 9.59 Å². The zero-order valence-corrected chi connectivity index (χ0v) is 23.1. The number of anilines is 2. The van der Waals surface area contributed by atoms with E-state index in [-0.39, 0.29) is 16.8 Å². The van der Waals surface area contributed by atoms with E-state index >= 15 is 4.39 Å². The van der Waals surface area contributed by atoms with E-state index in [1.165, 1.54) is 12.1 Å². The molecule has 0 saturated carbocycles. The van der Waals surface area contributed by atoms with Crippen molar-refractivity contribution in [3.63, 3.8) is 0 Å². The van der Waals surface area contributed by atoms with E-state index in [0.29, 0.717) is 47.7 Å². The van der Waals surface area contributed by atoms with E-state index in [2.05, 4.69) is 19.2 Å². The van der Waals surface area contributed by atoms with Crippen LogP contribution in [0.15, 0.2) is 114 Å². The molecule has 0 unspecified atom stereocenters. The second-order valence-corrected chi connectivity index (χ2v) is 11.3. The molecular formula is C35H31FN2O3. The van der Waals surface area contributed by atoms with Gasteiger partial charge in [-0.3, -0.25) is 14.5 Å². The Bertz CT molecular complexity index is 1660. The number of rotatable bonds is 5. The fourth-order valence-electron chi connectivity index (χ4n) is 5.84. The van der Waals surface area contributed by atoms with Crippen molar-refractivity contribution in [3.05, 3.63) is 137 Å². The van der Waals surface area contributed by atoms with Gasteiger partial charge in [0.15, 0.2) is 5.78 Å². The standard InChI is InChI=1S/C35H31FN2O3/c1-35(2)20-28-32(30(39)21-35)33(25-15-7-11-19-31(25)41-22-23-12-4-3-5-13-23)38(29-18-10-9-17-27(29)37-28)34(40)24-14-6-8-16-26(24)36/h3-19,33,37H,20-22H2,1-2H3/t33-/m0/s1. The number of hydrogen-bond donors (Lipinski definition) is 1. The maximum Gasteiger partial charge on any atom is 0.262 e. The van der Waals surface area contributed by atoms with Gasteiger partial charge in [-0.15, -0.1) is 0 Å². The quantitative estimate of drug-likeness (QED) is 0.277. The third-order valence-electron chi connectivity index (χ3n) is 7.67. The van der Waals surface area contributed by atoms with Gasteiger partial charge >= 0.3 is 0 Å². The number of ketones is 1. The number of benzene rings is 4. The molecule has 1 aliphatic carbocycles. The molecule has 6 heteroatoms. The largest absolute Gasteiger partial charge is 0.489 e. The van der Waals surface area contributed by atoms with Gasteiger partial charge in [0, 0.05) is 23.3 Å². The summed E-state index contributed by atoms with van der Waals surface area (Å²) in [6.07, 6.45) is 0.947.